The summed E-state index contributed by atoms with van der Waals surface area (Å²) in [4.78, 5) is 4.14. The van der Waals surface area contributed by atoms with E-state index in [-0.39, 0.29) is 18.3 Å². The Morgan fingerprint density at radius 2 is 1.92 bits per heavy atom. The first-order valence-corrected chi connectivity index (χ1v) is 7.17. The van der Waals surface area contributed by atoms with Crippen LogP contribution in [0.2, 0.25) is 0 Å². The van der Waals surface area contributed by atoms with Gasteiger partial charge in [0.1, 0.15) is 17.3 Å². The van der Waals surface area contributed by atoms with E-state index in [0.717, 1.165) is 17.1 Å². The zero-order valence-corrected chi connectivity index (χ0v) is 13.3. The molecular formula is C16H18F3N3O2. The van der Waals surface area contributed by atoms with E-state index in [9.17, 15) is 13.2 Å². The molecule has 0 saturated carbocycles. The number of ether oxygens (including phenoxy) is 1. The smallest absolute Gasteiger partial charge is 0.466 e. The number of nitrogens with zero attached hydrogens (tertiary/aromatic N) is 1. The maximum Gasteiger partial charge on any atom is 0.573 e. The summed E-state index contributed by atoms with van der Waals surface area (Å²) in [6.07, 6.45) is -4.70. The highest BCUT2D eigenvalue weighted by atomic mass is 19.4. The number of guanidine groups is 1. The van der Waals surface area contributed by atoms with E-state index in [1.165, 1.54) is 24.3 Å². The number of halogens is 3. The molecule has 0 atom stereocenters. The fourth-order valence-corrected chi connectivity index (χ4v) is 2.07. The number of rotatable bonds is 5. The zero-order chi connectivity index (χ0) is 17.7. The molecule has 0 aliphatic heterocycles. The lowest BCUT2D eigenvalue weighted by atomic mass is 10.2. The van der Waals surface area contributed by atoms with E-state index in [2.05, 4.69) is 15.0 Å². The molecule has 2 aromatic rings. The number of nitrogens with one attached hydrogen (secondary N) is 1. The van der Waals surface area contributed by atoms with Crippen LogP contribution in [0.25, 0.3) is 0 Å². The van der Waals surface area contributed by atoms with Crippen LogP contribution < -0.4 is 15.8 Å². The SMILES string of the molecule is Cc1cc(CNC(N)=NCc2ccc(OC(F)(F)F)cc2)c(C)o1. The fourth-order valence-electron chi connectivity index (χ4n) is 2.07. The number of alkyl halides is 3. The Morgan fingerprint density at radius 1 is 1.25 bits per heavy atom. The van der Waals surface area contributed by atoms with Gasteiger partial charge in [0.25, 0.3) is 0 Å². The van der Waals surface area contributed by atoms with Crippen molar-refractivity contribution in [1.82, 2.24) is 5.32 Å². The van der Waals surface area contributed by atoms with Gasteiger partial charge < -0.3 is 20.2 Å². The van der Waals surface area contributed by atoms with Crippen molar-refractivity contribution in [2.24, 2.45) is 10.7 Å². The number of hydrogen-bond acceptors (Lipinski definition) is 3. The molecule has 0 aliphatic rings. The third-order valence-corrected chi connectivity index (χ3v) is 3.19. The average molecular weight is 341 g/mol. The minimum absolute atomic E-state index is 0.240. The van der Waals surface area contributed by atoms with Crippen LogP contribution in [0.1, 0.15) is 22.6 Å². The first-order chi connectivity index (χ1) is 11.2. The number of hydrogen-bond donors (Lipinski definition) is 2. The topological polar surface area (TPSA) is 72.8 Å². The summed E-state index contributed by atoms with van der Waals surface area (Å²) in [7, 11) is 0. The summed E-state index contributed by atoms with van der Waals surface area (Å²) in [6.45, 7) is 4.45. The van der Waals surface area contributed by atoms with Crippen molar-refractivity contribution in [2.45, 2.75) is 33.3 Å². The molecule has 3 N–H and O–H groups in total. The molecule has 1 aromatic carbocycles. The van der Waals surface area contributed by atoms with Crippen LogP contribution >= 0.6 is 0 Å². The Hall–Kier alpha value is -2.64. The molecule has 1 heterocycles. The molecule has 5 nitrogen and oxygen atoms in total. The monoisotopic (exact) mass is 341 g/mol. The van der Waals surface area contributed by atoms with Crippen molar-refractivity contribution in [3.8, 4) is 5.75 Å². The van der Waals surface area contributed by atoms with Gasteiger partial charge in [0.05, 0.1) is 6.54 Å². The van der Waals surface area contributed by atoms with Crippen molar-refractivity contribution < 1.29 is 22.3 Å². The van der Waals surface area contributed by atoms with E-state index >= 15 is 0 Å². The summed E-state index contributed by atoms with van der Waals surface area (Å²) in [6, 6.07) is 7.39. The predicted octanol–water partition coefficient (Wildman–Crippen LogP) is 3.40. The Morgan fingerprint density at radius 3 is 2.46 bits per heavy atom. The fraction of sp³-hybridized carbons (Fsp3) is 0.312. The van der Waals surface area contributed by atoms with E-state index in [0.29, 0.717) is 12.1 Å². The van der Waals surface area contributed by atoms with Gasteiger partial charge in [-0.3, -0.25) is 0 Å². The molecule has 0 amide bonds. The summed E-state index contributed by atoms with van der Waals surface area (Å²) in [5.74, 6) is 1.60. The van der Waals surface area contributed by atoms with Gasteiger partial charge in [-0.25, -0.2) is 4.99 Å². The van der Waals surface area contributed by atoms with E-state index in [1.807, 2.05) is 19.9 Å². The molecule has 2 rings (SSSR count). The lowest BCUT2D eigenvalue weighted by Crippen LogP contribution is -2.31. The second kappa shape index (κ2) is 7.29. The third kappa shape index (κ3) is 5.53. The first kappa shape index (κ1) is 17.7. The quantitative estimate of drug-likeness (QED) is 0.646. The zero-order valence-electron chi connectivity index (χ0n) is 13.3. The Bertz CT molecular complexity index is 706. The van der Waals surface area contributed by atoms with Gasteiger partial charge in [0.15, 0.2) is 5.96 Å². The van der Waals surface area contributed by atoms with Gasteiger partial charge in [-0.05, 0) is 37.6 Å². The number of furan rings is 1. The van der Waals surface area contributed by atoms with Crippen LogP contribution in [0.5, 0.6) is 5.75 Å². The minimum Gasteiger partial charge on any atom is -0.466 e. The number of aryl methyl sites for hydroxylation is 2. The summed E-state index contributed by atoms with van der Waals surface area (Å²) < 4.78 is 45.4. The van der Waals surface area contributed by atoms with Crippen molar-refractivity contribution in [3.63, 3.8) is 0 Å². The van der Waals surface area contributed by atoms with Crippen molar-refractivity contribution >= 4 is 5.96 Å². The largest absolute Gasteiger partial charge is 0.573 e. The second-order valence-electron chi connectivity index (χ2n) is 5.19. The van der Waals surface area contributed by atoms with E-state index in [4.69, 9.17) is 10.2 Å². The maximum absolute atomic E-state index is 12.1. The lowest BCUT2D eigenvalue weighted by Gasteiger charge is -2.09. The van der Waals surface area contributed by atoms with Crippen LogP contribution in [-0.4, -0.2) is 12.3 Å². The summed E-state index contributed by atoms with van der Waals surface area (Å²) >= 11 is 0. The highest BCUT2D eigenvalue weighted by molar-refractivity contribution is 5.77. The third-order valence-electron chi connectivity index (χ3n) is 3.19. The lowest BCUT2D eigenvalue weighted by molar-refractivity contribution is -0.274. The molecule has 0 saturated heterocycles. The predicted molar refractivity (Wildman–Crippen MR) is 83.5 cm³/mol. The van der Waals surface area contributed by atoms with E-state index in [1.54, 1.807) is 0 Å². The van der Waals surface area contributed by atoms with Gasteiger partial charge in [-0.1, -0.05) is 12.1 Å². The summed E-state index contributed by atoms with van der Waals surface area (Å²) in [5, 5.41) is 2.96. The minimum atomic E-state index is -4.70. The number of benzene rings is 1. The maximum atomic E-state index is 12.1. The molecule has 0 unspecified atom stereocenters. The molecule has 1 aromatic heterocycles. The highest BCUT2D eigenvalue weighted by Crippen LogP contribution is 2.22. The molecule has 0 bridgehead atoms. The molecule has 0 aliphatic carbocycles. The Kier molecular flexibility index (Phi) is 5.38. The molecule has 0 fully saturated rings. The van der Waals surface area contributed by atoms with Crippen LogP contribution in [0.15, 0.2) is 39.7 Å². The van der Waals surface area contributed by atoms with Gasteiger partial charge in [-0.15, -0.1) is 13.2 Å². The van der Waals surface area contributed by atoms with Crippen molar-refractivity contribution in [3.05, 3.63) is 53.0 Å². The average Bonchev–Trinajstić information content (AvgIpc) is 2.81. The van der Waals surface area contributed by atoms with Gasteiger partial charge >= 0.3 is 6.36 Å². The van der Waals surface area contributed by atoms with Crippen LogP contribution in [0.3, 0.4) is 0 Å². The van der Waals surface area contributed by atoms with Crippen LogP contribution in [0.4, 0.5) is 13.2 Å². The van der Waals surface area contributed by atoms with E-state index < -0.39 is 6.36 Å². The Labute approximate surface area is 137 Å². The molecular weight excluding hydrogens is 323 g/mol. The molecule has 0 radical (unpaired) electrons. The van der Waals surface area contributed by atoms with Gasteiger partial charge in [0.2, 0.25) is 0 Å². The van der Waals surface area contributed by atoms with Crippen LogP contribution in [0, 0.1) is 13.8 Å². The molecule has 8 heteroatoms. The second-order valence-corrected chi connectivity index (χ2v) is 5.19. The Balaban J connectivity index is 1.86. The van der Waals surface area contributed by atoms with Gasteiger partial charge in [-0.2, -0.15) is 0 Å². The standard InChI is InChI=1S/C16H18F3N3O2/c1-10-7-13(11(2)23-10)9-22-15(20)21-8-12-3-5-14(6-4-12)24-16(17,18)19/h3-7H,8-9H2,1-2H3,(H3,20,21,22). The number of aliphatic imine (C=N–C) groups is 1. The summed E-state index contributed by atoms with van der Waals surface area (Å²) in [5.41, 5.74) is 7.47. The van der Waals surface area contributed by atoms with Crippen molar-refractivity contribution in [2.75, 3.05) is 0 Å². The molecule has 130 valence electrons. The first-order valence-electron chi connectivity index (χ1n) is 7.17. The molecule has 0 spiro atoms. The highest BCUT2D eigenvalue weighted by Gasteiger charge is 2.30. The normalized spacial score (nSPS) is 12.3. The van der Waals surface area contributed by atoms with Crippen LogP contribution in [-0.2, 0) is 13.1 Å². The molecule has 24 heavy (non-hydrogen) atoms. The van der Waals surface area contributed by atoms with Crippen molar-refractivity contribution in [1.29, 1.82) is 0 Å². The number of nitrogens with two attached hydrogens (primary N) is 1. The van der Waals surface area contributed by atoms with Gasteiger partial charge in [0, 0.05) is 12.1 Å².